The van der Waals surface area contributed by atoms with Crippen molar-refractivity contribution < 1.29 is 8.78 Å². The molecule has 0 aliphatic heterocycles. The Hall–Kier alpha value is -0.480. The van der Waals surface area contributed by atoms with Crippen LogP contribution < -0.4 is 5.32 Å². The van der Waals surface area contributed by atoms with E-state index < -0.39 is 5.82 Å². The number of rotatable bonds is 4. The molecule has 1 aromatic carbocycles. The van der Waals surface area contributed by atoms with Crippen LogP contribution in [0.15, 0.2) is 16.6 Å². The highest BCUT2D eigenvalue weighted by Crippen LogP contribution is 2.40. The van der Waals surface area contributed by atoms with Crippen molar-refractivity contribution in [3.05, 3.63) is 33.8 Å². The Balaban J connectivity index is 1.85. The molecule has 0 bridgehead atoms. The molecule has 0 heterocycles. The van der Waals surface area contributed by atoms with Crippen molar-refractivity contribution in [2.75, 3.05) is 6.54 Å². The van der Waals surface area contributed by atoms with E-state index in [0.717, 1.165) is 25.8 Å². The highest BCUT2D eigenvalue weighted by molar-refractivity contribution is 9.10. The fourth-order valence-corrected chi connectivity index (χ4v) is 3.84. The number of hydrogen-bond donors (Lipinski definition) is 1. The van der Waals surface area contributed by atoms with Crippen molar-refractivity contribution in [3.63, 3.8) is 0 Å². The molecule has 2 unspecified atom stereocenters. The minimum Gasteiger partial charge on any atom is -0.314 e. The second-order valence-electron chi connectivity index (χ2n) is 6.44. The zero-order valence-corrected chi connectivity index (χ0v) is 13.8. The molecule has 21 heavy (non-hydrogen) atoms. The normalized spacial score (nSPS) is 26.6. The lowest BCUT2D eigenvalue weighted by molar-refractivity contribution is 0.355. The van der Waals surface area contributed by atoms with Gasteiger partial charge in [0.2, 0.25) is 0 Å². The summed E-state index contributed by atoms with van der Waals surface area (Å²) in [5.41, 5.74) is 0.300. The number of halogens is 3. The molecule has 0 aromatic heterocycles. The predicted octanol–water partition coefficient (Wildman–Crippen LogP) is 5.14. The first kappa shape index (κ1) is 15.4. The van der Waals surface area contributed by atoms with Gasteiger partial charge in [0.15, 0.2) is 0 Å². The van der Waals surface area contributed by atoms with E-state index in [4.69, 9.17) is 0 Å². The first-order chi connectivity index (χ1) is 10.2. The summed E-state index contributed by atoms with van der Waals surface area (Å²) in [5.74, 6) is -0.458. The molecule has 0 saturated heterocycles. The minimum absolute atomic E-state index is 0.00347. The van der Waals surface area contributed by atoms with Crippen LogP contribution in [0.2, 0.25) is 0 Å². The summed E-state index contributed by atoms with van der Waals surface area (Å²) < 4.78 is 29.1. The quantitative estimate of drug-likeness (QED) is 0.580. The Morgan fingerprint density at radius 3 is 2.57 bits per heavy atom. The molecule has 2 aliphatic carbocycles. The van der Waals surface area contributed by atoms with E-state index in [1.165, 1.54) is 37.8 Å². The molecule has 0 spiro atoms. The first-order valence-electron chi connectivity index (χ1n) is 8.03. The maximum Gasteiger partial charge on any atom is 0.143 e. The summed E-state index contributed by atoms with van der Waals surface area (Å²) >= 11 is 3.20. The van der Waals surface area contributed by atoms with Crippen molar-refractivity contribution in [2.45, 2.75) is 56.9 Å². The second kappa shape index (κ2) is 6.74. The van der Waals surface area contributed by atoms with Gasteiger partial charge in [0, 0.05) is 11.6 Å². The van der Waals surface area contributed by atoms with Gasteiger partial charge in [-0.05, 0) is 72.1 Å². The Labute approximate surface area is 133 Å². The van der Waals surface area contributed by atoms with E-state index in [2.05, 4.69) is 21.2 Å². The maximum atomic E-state index is 14.5. The molecule has 1 aromatic rings. The smallest absolute Gasteiger partial charge is 0.143 e. The Morgan fingerprint density at radius 2 is 1.81 bits per heavy atom. The lowest BCUT2D eigenvalue weighted by Crippen LogP contribution is -2.29. The third-order valence-corrected chi connectivity index (χ3v) is 5.47. The predicted molar refractivity (Wildman–Crippen MR) is 84.4 cm³/mol. The van der Waals surface area contributed by atoms with Gasteiger partial charge in [0.05, 0.1) is 4.47 Å². The molecule has 2 fully saturated rings. The van der Waals surface area contributed by atoms with Crippen molar-refractivity contribution >= 4 is 15.9 Å². The molecule has 2 aliphatic rings. The molecule has 2 saturated carbocycles. The molecule has 1 nitrogen and oxygen atoms in total. The van der Waals surface area contributed by atoms with Gasteiger partial charge < -0.3 is 5.32 Å². The van der Waals surface area contributed by atoms with Crippen molar-refractivity contribution in [1.29, 1.82) is 0 Å². The summed E-state index contributed by atoms with van der Waals surface area (Å²) in [6.07, 6.45) is 7.86. The van der Waals surface area contributed by atoms with Crippen molar-refractivity contribution in [1.82, 2.24) is 5.32 Å². The van der Waals surface area contributed by atoms with Crippen LogP contribution in [0.25, 0.3) is 0 Å². The van der Waals surface area contributed by atoms with Crippen molar-refractivity contribution in [3.8, 4) is 0 Å². The second-order valence-corrected chi connectivity index (χ2v) is 7.30. The summed E-state index contributed by atoms with van der Waals surface area (Å²) in [6.45, 7) is 0.890. The Kier molecular flexibility index (Phi) is 4.95. The van der Waals surface area contributed by atoms with Crippen LogP contribution in [0.1, 0.15) is 56.4 Å². The highest BCUT2D eigenvalue weighted by atomic mass is 79.9. The summed E-state index contributed by atoms with van der Waals surface area (Å²) in [4.78, 5) is 0. The zero-order chi connectivity index (χ0) is 14.8. The lowest BCUT2D eigenvalue weighted by Gasteiger charge is -2.27. The largest absolute Gasteiger partial charge is 0.314 e. The van der Waals surface area contributed by atoms with Crippen molar-refractivity contribution in [2.24, 2.45) is 5.92 Å². The summed E-state index contributed by atoms with van der Waals surface area (Å²) in [5, 5.41) is 3.55. The first-order valence-corrected chi connectivity index (χ1v) is 8.83. The molecule has 3 rings (SSSR count). The molecule has 0 amide bonds. The fraction of sp³-hybridized carbons (Fsp3) is 0.647. The maximum absolute atomic E-state index is 14.5. The van der Waals surface area contributed by atoms with Crippen LogP contribution in [0.4, 0.5) is 8.78 Å². The van der Waals surface area contributed by atoms with Gasteiger partial charge in [-0.1, -0.05) is 19.3 Å². The molecular formula is C17H22BrF2N. The van der Waals surface area contributed by atoms with E-state index in [-0.39, 0.29) is 11.7 Å². The molecular weight excluding hydrogens is 336 g/mol. The van der Waals surface area contributed by atoms with Gasteiger partial charge >= 0.3 is 0 Å². The van der Waals surface area contributed by atoms with Crippen LogP contribution in [0.5, 0.6) is 0 Å². The number of hydrogen-bond acceptors (Lipinski definition) is 1. The third-order valence-electron chi connectivity index (χ3n) is 4.86. The molecule has 0 radical (unpaired) electrons. The van der Waals surface area contributed by atoms with E-state index in [1.54, 1.807) is 0 Å². The summed E-state index contributed by atoms with van der Waals surface area (Å²) in [6, 6.07) is 3.49. The highest BCUT2D eigenvalue weighted by Gasteiger charge is 2.31. The van der Waals surface area contributed by atoms with Gasteiger partial charge in [0.1, 0.15) is 11.6 Å². The number of benzene rings is 1. The van der Waals surface area contributed by atoms with Gasteiger partial charge in [-0.2, -0.15) is 0 Å². The van der Waals surface area contributed by atoms with E-state index in [1.807, 2.05) is 0 Å². The SMILES string of the molecule is Fc1ccc(Br)c(F)c1C1CCCCCC1CNC1CC1. The van der Waals surface area contributed by atoms with E-state index in [9.17, 15) is 8.78 Å². The van der Waals surface area contributed by atoms with E-state index in [0.29, 0.717) is 22.0 Å². The fourth-order valence-electron chi connectivity index (χ4n) is 3.50. The van der Waals surface area contributed by atoms with Crippen LogP contribution in [-0.4, -0.2) is 12.6 Å². The van der Waals surface area contributed by atoms with Crippen LogP contribution >= 0.6 is 15.9 Å². The average Bonchev–Trinajstić information content (AvgIpc) is 3.29. The molecule has 116 valence electrons. The van der Waals surface area contributed by atoms with Crippen LogP contribution in [0.3, 0.4) is 0 Å². The zero-order valence-electron chi connectivity index (χ0n) is 12.2. The standard InChI is InChI=1S/C17H22BrF2N/c18-14-8-9-15(19)16(17(14)20)13-5-3-1-2-4-11(13)10-21-12-6-7-12/h8-9,11-13,21H,1-7,10H2. The Morgan fingerprint density at radius 1 is 1.05 bits per heavy atom. The van der Waals surface area contributed by atoms with E-state index >= 15 is 0 Å². The van der Waals surface area contributed by atoms with Crippen LogP contribution in [-0.2, 0) is 0 Å². The topological polar surface area (TPSA) is 12.0 Å². The Bertz CT molecular complexity index is 502. The van der Waals surface area contributed by atoms with Crippen LogP contribution in [0, 0.1) is 17.6 Å². The van der Waals surface area contributed by atoms with Gasteiger partial charge in [-0.3, -0.25) is 0 Å². The van der Waals surface area contributed by atoms with Gasteiger partial charge in [-0.15, -0.1) is 0 Å². The third kappa shape index (κ3) is 3.65. The number of nitrogens with one attached hydrogen (secondary N) is 1. The molecule has 4 heteroatoms. The average molecular weight is 358 g/mol. The molecule has 2 atom stereocenters. The lowest BCUT2D eigenvalue weighted by atomic mass is 9.81. The molecule has 1 N–H and O–H groups in total. The monoisotopic (exact) mass is 357 g/mol. The summed E-state index contributed by atoms with van der Waals surface area (Å²) in [7, 11) is 0. The van der Waals surface area contributed by atoms with Gasteiger partial charge in [-0.25, -0.2) is 8.78 Å². The van der Waals surface area contributed by atoms with Gasteiger partial charge in [0.25, 0.3) is 0 Å². The minimum atomic E-state index is -0.404.